The van der Waals surface area contributed by atoms with Crippen LogP contribution < -0.4 is 0 Å². The van der Waals surface area contributed by atoms with E-state index in [1.54, 1.807) is 12.3 Å². The van der Waals surface area contributed by atoms with Crippen molar-refractivity contribution >= 4 is 5.97 Å². The quantitative estimate of drug-likeness (QED) is 0.779. The second-order valence-corrected chi connectivity index (χ2v) is 3.07. The molecule has 0 saturated heterocycles. The molecule has 1 N–H and O–H groups in total. The fraction of sp³-hybridized carbons (Fsp3) is 0.400. The Labute approximate surface area is 82.5 Å². The number of rotatable bonds is 4. The number of hydrogen-bond acceptors (Lipinski definition) is 3. The van der Waals surface area contributed by atoms with Gasteiger partial charge in [0.2, 0.25) is 0 Å². The third-order valence-corrected chi connectivity index (χ3v) is 1.94. The van der Waals surface area contributed by atoms with E-state index in [1.807, 2.05) is 13.0 Å². The zero-order valence-electron chi connectivity index (χ0n) is 8.23. The van der Waals surface area contributed by atoms with Gasteiger partial charge in [-0.3, -0.25) is 4.98 Å². The number of nitrogens with zero attached hydrogens (tertiary/aromatic N) is 1. The van der Waals surface area contributed by atoms with Gasteiger partial charge < -0.3 is 9.84 Å². The Hall–Kier alpha value is -1.42. The Kier molecular flexibility index (Phi) is 3.59. The lowest BCUT2D eigenvalue weighted by molar-refractivity contribution is -0.148. The minimum atomic E-state index is -0.943. The van der Waals surface area contributed by atoms with Gasteiger partial charge >= 0.3 is 5.97 Å². The van der Waals surface area contributed by atoms with Crippen LogP contribution in [0.25, 0.3) is 0 Å². The van der Waals surface area contributed by atoms with Gasteiger partial charge in [-0.2, -0.15) is 0 Å². The van der Waals surface area contributed by atoms with Crippen molar-refractivity contribution in [2.24, 2.45) is 0 Å². The predicted octanol–water partition coefficient (Wildman–Crippen LogP) is 1.03. The largest absolute Gasteiger partial charge is 0.479 e. The topological polar surface area (TPSA) is 59.4 Å². The first-order valence-corrected chi connectivity index (χ1v) is 4.30. The molecule has 76 valence electrons. The molecular formula is C10H13NO3. The van der Waals surface area contributed by atoms with Crippen LogP contribution in [0.15, 0.2) is 18.3 Å². The van der Waals surface area contributed by atoms with Crippen molar-refractivity contribution in [3.8, 4) is 0 Å². The van der Waals surface area contributed by atoms with Gasteiger partial charge in [0.1, 0.15) is 0 Å². The van der Waals surface area contributed by atoms with Crippen molar-refractivity contribution in [3.63, 3.8) is 0 Å². The molecule has 1 rings (SSSR count). The van der Waals surface area contributed by atoms with Crippen molar-refractivity contribution in [2.45, 2.75) is 19.4 Å². The van der Waals surface area contributed by atoms with Crippen LogP contribution in [0.5, 0.6) is 0 Å². The second kappa shape index (κ2) is 4.72. The lowest BCUT2D eigenvalue weighted by atomic mass is 10.1. The summed E-state index contributed by atoms with van der Waals surface area (Å²) in [5.41, 5.74) is 1.80. The zero-order chi connectivity index (χ0) is 10.6. The van der Waals surface area contributed by atoms with Crippen LogP contribution in [0.2, 0.25) is 0 Å². The highest BCUT2D eigenvalue weighted by Crippen LogP contribution is 2.06. The summed E-state index contributed by atoms with van der Waals surface area (Å²) in [4.78, 5) is 14.7. The molecule has 0 aliphatic carbocycles. The highest BCUT2D eigenvalue weighted by atomic mass is 16.5. The predicted molar refractivity (Wildman–Crippen MR) is 51.1 cm³/mol. The Balaban J connectivity index is 2.72. The molecule has 1 aromatic rings. The minimum absolute atomic E-state index is 0.370. The van der Waals surface area contributed by atoms with Crippen LogP contribution in [0.4, 0.5) is 0 Å². The molecule has 1 aromatic heterocycles. The van der Waals surface area contributed by atoms with E-state index in [-0.39, 0.29) is 0 Å². The van der Waals surface area contributed by atoms with E-state index in [4.69, 9.17) is 9.84 Å². The van der Waals surface area contributed by atoms with Gasteiger partial charge in [-0.15, -0.1) is 0 Å². The number of aliphatic carboxylic acids is 1. The van der Waals surface area contributed by atoms with Crippen molar-refractivity contribution < 1.29 is 14.6 Å². The molecular weight excluding hydrogens is 182 g/mol. The van der Waals surface area contributed by atoms with E-state index in [0.717, 1.165) is 11.3 Å². The molecule has 14 heavy (non-hydrogen) atoms. The summed E-state index contributed by atoms with van der Waals surface area (Å²) < 4.78 is 4.84. The summed E-state index contributed by atoms with van der Waals surface area (Å²) in [6, 6.07) is 3.65. The summed E-state index contributed by atoms with van der Waals surface area (Å²) in [5.74, 6) is -0.943. The molecule has 0 fully saturated rings. The standard InChI is InChI=1S/C10H13NO3/c1-7-5-8(3-4-11-7)6-9(14-2)10(12)13/h3-5,9H,6H2,1-2H3,(H,12,13). The molecule has 0 aliphatic heterocycles. The number of carboxylic acid groups (broad SMARTS) is 1. The first kappa shape index (κ1) is 10.7. The van der Waals surface area contributed by atoms with Crippen molar-refractivity contribution in [2.75, 3.05) is 7.11 Å². The first-order valence-electron chi connectivity index (χ1n) is 4.30. The number of carbonyl (C=O) groups is 1. The molecule has 0 bridgehead atoms. The fourth-order valence-corrected chi connectivity index (χ4v) is 1.22. The third-order valence-electron chi connectivity index (χ3n) is 1.94. The maximum Gasteiger partial charge on any atom is 0.333 e. The Morgan fingerprint density at radius 1 is 1.71 bits per heavy atom. The Morgan fingerprint density at radius 3 is 2.93 bits per heavy atom. The average molecular weight is 195 g/mol. The van der Waals surface area contributed by atoms with Crippen LogP contribution in [-0.4, -0.2) is 29.3 Å². The molecule has 0 aromatic carbocycles. The lowest BCUT2D eigenvalue weighted by Gasteiger charge is -2.10. The van der Waals surface area contributed by atoms with Gasteiger partial charge in [0.15, 0.2) is 6.10 Å². The SMILES string of the molecule is COC(Cc1ccnc(C)c1)C(=O)O. The summed E-state index contributed by atoms with van der Waals surface area (Å²) in [6.07, 6.45) is 1.26. The molecule has 0 spiro atoms. The first-order chi connectivity index (χ1) is 6.63. The summed E-state index contributed by atoms with van der Waals surface area (Å²) in [7, 11) is 1.40. The highest BCUT2D eigenvalue weighted by molar-refractivity contribution is 5.72. The third kappa shape index (κ3) is 2.81. The molecule has 0 aliphatic rings. The van der Waals surface area contributed by atoms with Gasteiger partial charge in [0, 0.05) is 25.4 Å². The number of methoxy groups -OCH3 is 1. The van der Waals surface area contributed by atoms with Gasteiger partial charge in [0.05, 0.1) is 0 Å². The van der Waals surface area contributed by atoms with Crippen LogP contribution in [0.3, 0.4) is 0 Å². The molecule has 1 heterocycles. The molecule has 0 radical (unpaired) electrons. The van der Waals surface area contributed by atoms with Gasteiger partial charge in [0.25, 0.3) is 0 Å². The van der Waals surface area contributed by atoms with E-state index in [9.17, 15) is 4.79 Å². The van der Waals surface area contributed by atoms with Crippen LogP contribution in [-0.2, 0) is 16.0 Å². The number of hydrogen-bond donors (Lipinski definition) is 1. The summed E-state index contributed by atoms with van der Waals surface area (Å²) >= 11 is 0. The fourth-order valence-electron chi connectivity index (χ4n) is 1.22. The number of pyridine rings is 1. The van der Waals surface area contributed by atoms with Gasteiger partial charge in [-0.05, 0) is 24.6 Å². The molecule has 1 unspecified atom stereocenters. The number of aromatic nitrogens is 1. The maximum absolute atomic E-state index is 10.7. The Morgan fingerprint density at radius 2 is 2.43 bits per heavy atom. The van der Waals surface area contributed by atoms with Crippen LogP contribution in [0, 0.1) is 6.92 Å². The number of carboxylic acids is 1. The molecule has 0 saturated carbocycles. The monoisotopic (exact) mass is 195 g/mol. The maximum atomic E-state index is 10.7. The summed E-state index contributed by atoms with van der Waals surface area (Å²) in [5, 5.41) is 8.76. The van der Waals surface area contributed by atoms with Gasteiger partial charge in [-0.1, -0.05) is 0 Å². The van der Waals surface area contributed by atoms with E-state index >= 15 is 0 Å². The highest BCUT2D eigenvalue weighted by Gasteiger charge is 2.16. The van der Waals surface area contributed by atoms with Crippen LogP contribution >= 0.6 is 0 Å². The molecule has 0 amide bonds. The van der Waals surface area contributed by atoms with E-state index in [0.29, 0.717) is 6.42 Å². The van der Waals surface area contributed by atoms with E-state index in [2.05, 4.69) is 4.98 Å². The van der Waals surface area contributed by atoms with Crippen molar-refractivity contribution in [3.05, 3.63) is 29.6 Å². The van der Waals surface area contributed by atoms with E-state index in [1.165, 1.54) is 7.11 Å². The smallest absolute Gasteiger partial charge is 0.333 e. The van der Waals surface area contributed by atoms with E-state index < -0.39 is 12.1 Å². The Bertz CT molecular complexity index is 325. The molecule has 1 atom stereocenters. The van der Waals surface area contributed by atoms with Crippen LogP contribution in [0.1, 0.15) is 11.3 Å². The summed E-state index contributed by atoms with van der Waals surface area (Å²) in [6.45, 7) is 1.87. The minimum Gasteiger partial charge on any atom is -0.479 e. The lowest BCUT2D eigenvalue weighted by Crippen LogP contribution is -2.24. The molecule has 4 heteroatoms. The number of ether oxygens (including phenoxy) is 1. The van der Waals surface area contributed by atoms with Crippen molar-refractivity contribution in [1.29, 1.82) is 0 Å². The number of aryl methyl sites for hydroxylation is 1. The van der Waals surface area contributed by atoms with Crippen molar-refractivity contribution in [1.82, 2.24) is 4.98 Å². The zero-order valence-corrected chi connectivity index (χ0v) is 8.23. The normalized spacial score (nSPS) is 12.4. The molecule has 4 nitrogen and oxygen atoms in total. The average Bonchev–Trinajstić information content (AvgIpc) is 2.14. The second-order valence-electron chi connectivity index (χ2n) is 3.07. The van der Waals surface area contributed by atoms with Gasteiger partial charge in [-0.25, -0.2) is 4.79 Å².